The zero-order valence-corrected chi connectivity index (χ0v) is 12.4. The van der Waals surface area contributed by atoms with Gasteiger partial charge in [-0.2, -0.15) is 5.10 Å². The standard InChI is InChI=1S/C16H18N4O2.Li.H/c1-10(20-9-14(6-18-20)16(21)22)11-2-3-15(17-5-11)19-7-12-4-13(12)8-19;;/h2-3,5-6,9-10,12-13H,4,7-8H2,1H3,(H,21,22);;. The molecule has 0 bridgehead atoms. The zero-order valence-electron chi connectivity index (χ0n) is 12.4. The van der Waals surface area contributed by atoms with E-state index >= 15 is 0 Å². The van der Waals surface area contributed by atoms with Gasteiger partial charge in [0.05, 0.1) is 17.8 Å². The molecule has 0 radical (unpaired) electrons. The van der Waals surface area contributed by atoms with Gasteiger partial charge in [-0.3, -0.25) is 4.68 Å². The summed E-state index contributed by atoms with van der Waals surface area (Å²) in [5.41, 5.74) is 1.22. The van der Waals surface area contributed by atoms with Crippen LogP contribution in [0.25, 0.3) is 0 Å². The van der Waals surface area contributed by atoms with Crippen molar-refractivity contribution in [1.82, 2.24) is 14.8 Å². The van der Waals surface area contributed by atoms with E-state index in [1.54, 1.807) is 10.9 Å². The molecule has 2 aromatic rings. The normalized spacial score (nSPS) is 23.1. The predicted molar refractivity (Wildman–Crippen MR) is 88.2 cm³/mol. The van der Waals surface area contributed by atoms with E-state index in [-0.39, 0.29) is 30.5 Å². The van der Waals surface area contributed by atoms with Gasteiger partial charge in [0.15, 0.2) is 0 Å². The number of piperidine rings is 1. The second-order valence-electron chi connectivity index (χ2n) is 6.30. The first-order valence-electron chi connectivity index (χ1n) is 7.60. The summed E-state index contributed by atoms with van der Waals surface area (Å²) in [6, 6.07) is 4.07. The van der Waals surface area contributed by atoms with Gasteiger partial charge in [0, 0.05) is 25.5 Å². The van der Waals surface area contributed by atoms with E-state index in [0.29, 0.717) is 0 Å². The Labute approximate surface area is 146 Å². The van der Waals surface area contributed by atoms with E-state index in [2.05, 4.69) is 27.1 Å². The van der Waals surface area contributed by atoms with E-state index in [4.69, 9.17) is 5.11 Å². The van der Waals surface area contributed by atoms with Gasteiger partial charge in [0.2, 0.25) is 0 Å². The summed E-state index contributed by atoms with van der Waals surface area (Å²) in [4.78, 5) is 17.8. The molecule has 1 aliphatic carbocycles. The summed E-state index contributed by atoms with van der Waals surface area (Å²) in [6.07, 6.45) is 6.18. The fourth-order valence-electron chi connectivity index (χ4n) is 3.23. The molecule has 0 aromatic carbocycles. The summed E-state index contributed by atoms with van der Waals surface area (Å²) in [5, 5.41) is 13.1. The number of hydrogen-bond acceptors (Lipinski definition) is 4. The number of aromatic nitrogens is 3. The quantitative estimate of drug-likeness (QED) is 0.864. The molecule has 4 rings (SSSR count). The minimum absolute atomic E-state index is 0. The first kappa shape index (κ1) is 16.1. The number of rotatable bonds is 4. The van der Waals surface area contributed by atoms with Gasteiger partial charge in [0.25, 0.3) is 0 Å². The Morgan fingerprint density at radius 3 is 2.61 bits per heavy atom. The Bertz CT molecular complexity index is 705. The average Bonchev–Trinajstić information content (AvgIpc) is 2.95. The van der Waals surface area contributed by atoms with Gasteiger partial charge in [-0.15, -0.1) is 0 Å². The van der Waals surface area contributed by atoms with Crippen molar-refractivity contribution in [2.45, 2.75) is 19.4 Å². The van der Waals surface area contributed by atoms with Gasteiger partial charge < -0.3 is 10.0 Å². The third-order valence-corrected chi connectivity index (χ3v) is 4.80. The molecular weight excluding hydrogens is 287 g/mol. The molecule has 1 saturated heterocycles. The first-order chi connectivity index (χ1) is 10.6. The molecule has 6 nitrogen and oxygen atoms in total. The Kier molecular flexibility index (Phi) is 4.22. The van der Waals surface area contributed by atoms with Crippen molar-refractivity contribution in [3.8, 4) is 0 Å². The molecule has 2 fully saturated rings. The average molecular weight is 306 g/mol. The maximum atomic E-state index is 10.9. The van der Waals surface area contributed by atoms with Crippen molar-refractivity contribution < 1.29 is 9.90 Å². The molecule has 3 atom stereocenters. The fourth-order valence-corrected chi connectivity index (χ4v) is 3.23. The van der Waals surface area contributed by atoms with Crippen molar-refractivity contribution in [2.75, 3.05) is 18.0 Å². The molecule has 23 heavy (non-hydrogen) atoms. The molecule has 1 saturated carbocycles. The Balaban J connectivity index is 0.00000156. The van der Waals surface area contributed by atoms with E-state index < -0.39 is 5.97 Å². The number of anilines is 1. The van der Waals surface area contributed by atoms with Crippen LogP contribution in [-0.2, 0) is 0 Å². The number of carboxylic acids is 1. The van der Waals surface area contributed by atoms with Gasteiger partial charge in [0.1, 0.15) is 5.82 Å². The zero-order chi connectivity index (χ0) is 15.3. The van der Waals surface area contributed by atoms with Crippen molar-refractivity contribution in [1.29, 1.82) is 0 Å². The molecule has 0 amide bonds. The molecule has 1 N–H and O–H groups in total. The summed E-state index contributed by atoms with van der Waals surface area (Å²) in [7, 11) is 0. The van der Waals surface area contributed by atoms with Gasteiger partial charge in [-0.05, 0) is 36.8 Å². The second-order valence-corrected chi connectivity index (χ2v) is 6.30. The minimum atomic E-state index is -0.959. The van der Waals surface area contributed by atoms with Crippen LogP contribution in [-0.4, -0.2) is 57.8 Å². The molecule has 2 aromatic heterocycles. The number of hydrogen-bond donors (Lipinski definition) is 1. The number of pyridine rings is 1. The second kappa shape index (κ2) is 6.03. The molecule has 2 aliphatic rings. The fraction of sp³-hybridized carbons (Fsp3) is 0.438. The topological polar surface area (TPSA) is 71.2 Å². The summed E-state index contributed by atoms with van der Waals surface area (Å²) in [6.45, 7) is 4.25. The predicted octanol–water partition coefficient (Wildman–Crippen LogP) is 1.39. The maximum absolute atomic E-state index is 10.9. The molecule has 3 heterocycles. The van der Waals surface area contributed by atoms with Crippen LogP contribution in [0.15, 0.2) is 30.7 Å². The van der Waals surface area contributed by atoms with Gasteiger partial charge in [-0.25, -0.2) is 9.78 Å². The number of aromatic carboxylic acids is 1. The number of carboxylic acid groups (broad SMARTS) is 1. The Morgan fingerprint density at radius 1 is 1.30 bits per heavy atom. The van der Waals surface area contributed by atoms with Crippen LogP contribution in [0.5, 0.6) is 0 Å². The van der Waals surface area contributed by atoms with E-state index in [0.717, 1.165) is 36.3 Å². The van der Waals surface area contributed by atoms with Gasteiger partial charge in [-0.1, -0.05) is 6.07 Å². The Morgan fingerprint density at radius 2 is 2.04 bits per heavy atom. The monoisotopic (exact) mass is 306 g/mol. The van der Waals surface area contributed by atoms with Crippen LogP contribution >= 0.6 is 0 Å². The summed E-state index contributed by atoms with van der Waals surface area (Å²) in [5.74, 6) is 1.85. The number of nitrogens with zero attached hydrogens (tertiary/aromatic N) is 4. The first-order valence-corrected chi connectivity index (χ1v) is 7.60. The summed E-state index contributed by atoms with van der Waals surface area (Å²) < 4.78 is 1.66. The van der Waals surface area contributed by atoms with E-state index in [9.17, 15) is 4.79 Å². The van der Waals surface area contributed by atoms with Crippen LogP contribution in [0.1, 0.15) is 35.3 Å². The van der Waals surface area contributed by atoms with Crippen LogP contribution < -0.4 is 4.90 Å². The van der Waals surface area contributed by atoms with Gasteiger partial charge >= 0.3 is 24.8 Å². The van der Waals surface area contributed by atoms with Crippen LogP contribution in [0.2, 0.25) is 0 Å². The number of fused-ring (bicyclic) bond motifs is 1. The number of carbonyl (C=O) groups is 1. The molecular formula is C16H19LiN4O2. The van der Waals surface area contributed by atoms with Crippen LogP contribution in [0, 0.1) is 11.8 Å². The summed E-state index contributed by atoms with van der Waals surface area (Å²) >= 11 is 0. The van der Waals surface area contributed by atoms with Crippen molar-refractivity contribution in [3.63, 3.8) is 0 Å². The molecule has 116 valence electrons. The van der Waals surface area contributed by atoms with Crippen molar-refractivity contribution in [3.05, 3.63) is 41.9 Å². The Hall–Kier alpha value is -1.77. The van der Waals surface area contributed by atoms with Crippen molar-refractivity contribution in [2.24, 2.45) is 11.8 Å². The molecule has 0 spiro atoms. The van der Waals surface area contributed by atoms with E-state index in [1.807, 2.05) is 13.1 Å². The molecule has 7 heteroatoms. The van der Waals surface area contributed by atoms with Crippen molar-refractivity contribution >= 4 is 30.6 Å². The van der Waals surface area contributed by atoms with Crippen LogP contribution in [0.3, 0.4) is 0 Å². The third kappa shape index (κ3) is 3.01. The SMILES string of the molecule is CC(c1ccc(N2CC3CC3C2)nc1)n1cc(C(=O)O)cn1.[LiH]. The molecule has 3 unspecified atom stereocenters. The molecule has 1 aliphatic heterocycles. The van der Waals surface area contributed by atoms with Crippen LogP contribution in [0.4, 0.5) is 5.82 Å². The van der Waals surface area contributed by atoms with E-state index in [1.165, 1.54) is 12.6 Å². The third-order valence-electron chi connectivity index (χ3n) is 4.80.